The average molecular weight is 786 g/mol. The van der Waals surface area contributed by atoms with E-state index in [1.54, 1.807) is 0 Å². The Kier molecular flexibility index (Phi) is 7.79. The number of hydrogen-bond donors (Lipinski definition) is 0. The van der Waals surface area contributed by atoms with E-state index in [0.29, 0.717) is 0 Å². The highest BCUT2D eigenvalue weighted by Gasteiger charge is 2.35. The smallest absolute Gasteiger partial charge is 0.143 e. The van der Waals surface area contributed by atoms with Gasteiger partial charge in [-0.25, -0.2) is 0 Å². The Balaban J connectivity index is 0.967. The van der Waals surface area contributed by atoms with Gasteiger partial charge in [0, 0.05) is 64.5 Å². The fourth-order valence-corrected chi connectivity index (χ4v) is 11.1. The van der Waals surface area contributed by atoms with Crippen molar-refractivity contribution >= 4 is 70.5 Å². The van der Waals surface area contributed by atoms with Crippen molar-refractivity contribution in [1.82, 2.24) is 0 Å². The Labute approximate surface area is 353 Å². The summed E-state index contributed by atoms with van der Waals surface area (Å²) in [6.07, 6.45) is 0. The van der Waals surface area contributed by atoms with Crippen molar-refractivity contribution in [3.05, 3.63) is 211 Å². The lowest BCUT2D eigenvalue weighted by Gasteiger charge is -2.28. The lowest BCUT2D eigenvalue weighted by Crippen LogP contribution is -2.16. The summed E-state index contributed by atoms with van der Waals surface area (Å²) in [6, 6.07) is 72.9. The zero-order chi connectivity index (χ0) is 40.0. The molecule has 0 radical (unpaired) electrons. The SMILES string of the molecule is CC1(C)c2ccccc2-c2ccc(N(c3ccc(-c4ccccc4)cc3)c3ccc(-c4cccc5c4sc4c(-c6cccc7c6oc6ccccc67)cccc45)cc3)cc21. The summed E-state index contributed by atoms with van der Waals surface area (Å²) in [5.74, 6) is 0. The molecule has 60 heavy (non-hydrogen) atoms. The van der Waals surface area contributed by atoms with E-state index in [-0.39, 0.29) is 5.41 Å². The number of hydrogen-bond acceptors (Lipinski definition) is 3. The predicted octanol–water partition coefficient (Wildman–Crippen LogP) is 16.7. The minimum absolute atomic E-state index is 0.101. The summed E-state index contributed by atoms with van der Waals surface area (Å²) in [6.45, 7) is 4.71. The Bertz CT molecular complexity index is 3440. The van der Waals surface area contributed by atoms with Crippen LogP contribution in [0.5, 0.6) is 0 Å². The highest BCUT2D eigenvalue weighted by atomic mass is 32.1. The Hall–Kier alpha value is -7.20. The Morgan fingerprint density at radius 3 is 1.68 bits per heavy atom. The molecule has 0 saturated heterocycles. The third-order valence-electron chi connectivity index (χ3n) is 12.7. The molecular formula is C57H39NOS. The zero-order valence-electron chi connectivity index (χ0n) is 33.3. The third-order valence-corrected chi connectivity index (χ3v) is 14.0. The van der Waals surface area contributed by atoms with Crippen LogP contribution < -0.4 is 4.90 Å². The Morgan fingerprint density at radius 1 is 0.383 bits per heavy atom. The van der Waals surface area contributed by atoms with Gasteiger partial charge in [0.15, 0.2) is 0 Å². The van der Waals surface area contributed by atoms with Crippen LogP contribution in [0.4, 0.5) is 17.1 Å². The number of fused-ring (bicyclic) bond motifs is 9. The number of thiophene rings is 1. The first-order valence-electron chi connectivity index (χ1n) is 20.7. The first kappa shape index (κ1) is 34.8. The number of para-hydroxylation sites is 2. The van der Waals surface area contributed by atoms with Crippen LogP contribution in [0.2, 0.25) is 0 Å². The van der Waals surface area contributed by atoms with Gasteiger partial charge < -0.3 is 9.32 Å². The van der Waals surface area contributed by atoms with E-state index in [4.69, 9.17) is 4.42 Å². The quantitative estimate of drug-likeness (QED) is 0.167. The molecular weight excluding hydrogens is 747 g/mol. The molecule has 12 rings (SSSR count). The van der Waals surface area contributed by atoms with E-state index >= 15 is 0 Å². The molecule has 2 aromatic heterocycles. The molecule has 0 atom stereocenters. The van der Waals surface area contributed by atoms with Crippen molar-refractivity contribution in [3.63, 3.8) is 0 Å². The molecule has 0 unspecified atom stereocenters. The molecule has 0 spiro atoms. The molecule has 9 aromatic carbocycles. The fourth-order valence-electron chi connectivity index (χ4n) is 9.72. The summed E-state index contributed by atoms with van der Waals surface area (Å²) in [5.41, 5.74) is 17.7. The standard InChI is InChI=1S/C57H39NOS/c1-57(2)51-23-8-6-15-43(51)44-34-33-41(35-52(44)57)58(39-29-25-37(26-30-39)36-13-4-3-5-14-36)40-31-27-38(28-32-40)42-17-10-21-49-50-22-12-20-48(56(50)60-55(42)49)47-19-11-18-46-45-16-7-9-24-53(45)59-54(46)47/h3-35H,1-2H3. The number of furan rings is 1. The van der Waals surface area contributed by atoms with Gasteiger partial charge >= 0.3 is 0 Å². The van der Waals surface area contributed by atoms with E-state index in [9.17, 15) is 0 Å². The molecule has 1 aliphatic carbocycles. The van der Waals surface area contributed by atoms with E-state index in [1.807, 2.05) is 17.4 Å². The normalized spacial score (nSPS) is 13.0. The molecule has 0 amide bonds. The van der Waals surface area contributed by atoms with Gasteiger partial charge in [-0.15, -0.1) is 11.3 Å². The third kappa shape index (κ3) is 5.33. The molecule has 284 valence electrons. The van der Waals surface area contributed by atoms with Crippen LogP contribution in [0, 0.1) is 0 Å². The summed E-state index contributed by atoms with van der Waals surface area (Å²) in [5, 5.41) is 4.84. The van der Waals surface area contributed by atoms with Crippen LogP contribution in [-0.2, 0) is 5.41 Å². The highest BCUT2D eigenvalue weighted by molar-refractivity contribution is 7.26. The maximum atomic E-state index is 6.52. The second-order valence-electron chi connectivity index (χ2n) is 16.4. The van der Waals surface area contributed by atoms with Crippen molar-refractivity contribution in [2.24, 2.45) is 0 Å². The molecule has 0 fully saturated rings. The number of rotatable bonds is 6. The maximum absolute atomic E-state index is 6.52. The molecule has 0 aliphatic heterocycles. The first-order valence-corrected chi connectivity index (χ1v) is 21.5. The number of nitrogens with zero attached hydrogens (tertiary/aromatic N) is 1. The summed E-state index contributed by atoms with van der Waals surface area (Å²) in [7, 11) is 0. The van der Waals surface area contributed by atoms with Crippen LogP contribution in [0.25, 0.3) is 86.6 Å². The van der Waals surface area contributed by atoms with E-state index in [0.717, 1.165) is 44.6 Å². The second-order valence-corrected chi connectivity index (χ2v) is 17.5. The van der Waals surface area contributed by atoms with Crippen LogP contribution >= 0.6 is 11.3 Å². The second kappa shape index (κ2) is 13.4. The minimum atomic E-state index is -0.101. The Morgan fingerprint density at radius 2 is 0.917 bits per heavy atom. The van der Waals surface area contributed by atoms with Gasteiger partial charge in [0.05, 0.1) is 0 Å². The van der Waals surface area contributed by atoms with Gasteiger partial charge in [-0.05, 0) is 87.0 Å². The molecule has 1 aliphatic rings. The van der Waals surface area contributed by atoms with E-state index < -0.39 is 0 Å². The van der Waals surface area contributed by atoms with Gasteiger partial charge in [0.1, 0.15) is 11.2 Å². The van der Waals surface area contributed by atoms with Crippen LogP contribution in [0.15, 0.2) is 205 Å². The van der Waals surface area contributed by atoms with Crippen molar-refractivity contribution in [3.8, 4) is 44.5 Å². The van der Waals surface area contributed by atoms with Crippen LogP contribution in [0.1, 0.15) is 25.0 Å². The van der Waals surface area contributed by atoms with Gasteiger partial charge in [0.25, 0.3) is 0 Å². The maximum Gasteiger partial charge on any atom is 0.143 e. The van der Waals surface area contributed by atoms with Crippen LogP contribution in [-0.4, -0.2) is 0 Å². The molecule has 2 nitrogen and oxygen atoms in total. The van der Waals surface area contributed by atoms with Crippen molar-refractivity contribution < 1.29 is 4.42 Å². The van der Waals surface area contributed by atoms with Crippen molar-refractivity contribution in [2.45, 2.75) is 19.3 Å². The lowest BCUT2D eigenvalue weighted by atomic mass is 9.82. The summed E-state index contributed by atoms with van der Waals surface area (Å²) < 4.78 is 9.09. The number of benzene rings is 9. The lowest BCUT2D eigenvalue weighted by molar-refractivity contribution is 0.660. The van der Waals surface area contributed by atoms with Crippen molar-refractivity contribution in [1.29, 1.82) is 0 Å². The van der Waals surface area contributed by atoms with E-state index in [2.05, 4.69) is 213 Å². The molecule has 0 N–H and O–H groups in total. The monoisotopic (exact) mass is 785 g/mol. The van der Waals surface area contributed by atoms with Gasteiger partial charge in [-0.3, -0.25) is 0 Å². The zero-order valence-corrected chi connectivity index (χ0v) is 34.1. The summed E-state index contributed by atoms with van der Waals surface area (Å²) in [4.78, 5) is 2.41. The van der Waals surface area contributed by atoms with Gasteiger partial charge in [-0.2, -0.15) is 0 Å². The molecule has 2 heterocycles. The predicted molar refractivity (Wildman–Crippen MR) is 255 cm³/mol. The highest BCUT2D eigenvalue weighted by Crippen LogP contribution is 2.51. The fraction of sp³-hybridized carbons (Fsp3) is 0.0526. The largest absolute Gasteiger partial charge is 0.455 e. The molecule has 0 bridgehead atoms. The van der Waals surface area contributed by atoms with Gasteiger partial charge in [0.2, 0.25) is 0 Å². The minimum Gasteiger partial charge on any atom is -0.455 e. The molecule has 3 heteroatoms. The first-order chi connectivity index (χ1) is 29.5. The van der Waals surface area contributed by atoms with Crippen molar-refractivity contribution in [2.75, 3.05) is 4.90 Å². The average Bonchev–Trinajstić information content (AvgIpc) is 3.95. The van der Waals surface area contributed by atoms with Crippen LogP contribution in [0.3, 0.4) is 0 Å². The molecule has 11 aromatic rings. The molecule has 0 saturated carbocycles. The summed E-state index contributed by atoms with van der Waals surface area (Å²) >= 11 is 1.88. The van der Waals surface area contributed by atoms with Gasteiger partial charge in [-0.1, -0.05) is 172 Å². The number of anilines is 3. The van der Waals surface area contributed by atoms with E-state index in [1.165, 1.54) is 70.2 Å². The topological polar surface area (TPSA) is 16.4 Å².